The second-order valence-corrected chi connectivity index (χ2v) is 6.14. The SMILES string of the molecule is COc1ccc(Cl)c2c1CCC(CN1CCOCC1)C2. The summed E-state index contributed by atoms with van der Waals surface area (Å²) >= 11 is 6.39. The molecule has 2 aliphatic rings. The predicted octanol–water partition coefficient (Wildman–Crippen LogP) is 2.79. The van der Waals surface area contributed by atoms with Gasteiger partial charge in [-0.25, -0.2) is 0 Å². The summed E-state index contributed by atoms with van der Waals surface area (Å²) < 4.78 is 10.9. The van der Waals surface area contributed by atoms with Crippen LogP contribution < -0.4 is 4.74 Å². The molecule has 0 radical (unpaired) electrons. The standard InChI is InChI=1S/C16H22ClNO2/c1-19-16-5-4-15(17)14-10-12(2-3-13(14)16)11-18-6-8-20-9-7-18/h4-5,12H,2-3,6-11H2,1H3. The summed E-state index contributed by atoms with van der Waals surface area (Å²) in [4.78, 5) is 2.52. The zero-order chi connectivity index (χ0) is 13.9. The monoisotopic (exact) mass is 295 g/mol. The predicted molar refractivity (Wildman–Crippen MR) is 80.8 cm³/mol. The summed E-state index contributed by atoms with van der Waals surface area (Å²) in [7, 11) is 1.74. The van der Waals surface area contributed by atoms with Gasteiger partial charge in [0.15, 0.2) is 0 Å². The normalized spacial score (nSPS) is 23.4. The lowest BCUT2D eigenvalue weighted by atomic mass is 9.83. The Balaban J connectivity index is 1.71. The molecular formula is C16H22ClNO2. The molecule has 0 bridgehead atoms. The van der Waals surface area contributed by atoms with E-state index in [1.54, 1.807) is 7.11 Å². The van der Waals surface area contributed by atoms with E-state index >= 15 is 0 Å². The Hall–Kier alpha value is -0.770. The quantitative estimate of drug-likeness (QED) is 0.856. The van der Waals surface area contributed by atoms with E-state index in [0.29, 0.717) is 5.92 Å². The molecule has 3 rings (SSSR count). The first-order valence-corrected chi connectivity index (χ1v) is 7.80. The summed E-state index contributed by atoms with van der Waals surface area (Å²) in [5, 5.41) is 0.896. The Labute approximate surface area is 125 Å². The van der Waals surface area contributed by atoms with Crippen LogP contribution in [0.15, 0.2) is 12.1 Å². The molecule has 1 unspecified atom stereocenters. The molecule has 1 aromatic carbocycles. The van der Waals surface area contributed by atoms with E-state index in [4.69, 9.17) is 21.1 Å². The third-order valence-corrected chi connectivity index (χ3v) is 4.82. The van der Waals surface area contributed by atoms with Crippen LogP contribution in [0.3, 0.4) is 0 Å². The summed E-state index contributed by atoms with van der Waals surface area (Å²) in [6.07, 6.45) is 3.37. The highest BCUT2D eigenvalue weighted by Gasteiger charge is 2.25. The number of morpholine rings is 1. The molecule has 3 nitrogen and oxygen atoms in total. The number of fused-ring (bicyclic) bond motifs is 1. The van der Waals surface area contributed by atoms with Crippen LogP contribution in [0.2, 0.25) is 5.02 Å². The Morgan fingerprint density at radius 1 is 1.30 bits per heavy atom. The Bertz CT molecular complexity index is 472. The highest BCUT2D eigenvalue weighted by molar-refractivity contribution is 6.31. The molecule has 110 valence electrons. The number of halogens is 1. The van der Waals surface area contributed by atoms with Gasteiger partial charge in [0.2, 0.25) is 0 Å². The molecule has 1 aliphatic carbocycles. The smallest absolute Gasteiger partial charge is 0.122 e. The average molecular weight is 296 g/mol. The van der Waals surface area contributed by atoms with Crippen molar-refractivity contribution in [3.05, 3.63) is 28.3 Å². The molecule has 0 amide bonds. The van der Waals surface area contributed by atoms with E-state index in [9.17, 15) is 0 Å². The zero-order valence-electron chi connectivity index (χ0n) is 12.0. The van der Waals surface area contributed by atoms with Gasteiger partial charge in [0.1, 0.15) is 5.75 Å². The molecule has 1 heterocycles. The van der Waals surface area contributed by atoms with Crippen molar-refractivity contribution in [2.24, 2.45) is 5.92 Å². The summed E-state index contributed by atoms with van der Waals surface area (Å²) in [6, 6.07) is 3.96. The lowest BCUT2D eigenvalue weighted by Gasteiger charge is -2.33. The van der Waals surface area contributed by atoms with Crippen LogP contribution in [0.25, 0.3) is 0 Å². The van der Waals surface area contributed by atoms with Gasteiger partial charge in [0, 0.05) is 24.7 Å². The minimum atomic E-state index is 0.699. The van der Waals surface area contributed by atoms with Gasteiger partial charge in [0.25, 0.3) is 0 Å². The summed E-state index contributed by atoms with van der Waals surface area (Å²) in [5.41, 5.74) is 2.62. The third kappa shape index (κ3) is 2.95. The molecular weight excluding hydrogens is 274 g/mol. The minimum Gasteiger partial charge on any atom is -0.496 e. The van der Waals surface area contributed by atoms with Gasteiger partial charge in [-0.15, -0.1) is 0 Å². The lowest BCUT2D eigenvalue weighted by molar-refractivity contribution is 0.0296. The van der Waals surface area contributed by atoms with Gasteiger partial charge in [-0.3, -0.25) is 4.90 Å². The van der Waals surface area contributed by atoms with Gasteiger partial charge in [0.05, 0.1) is 20.3 Å². The van der Waals surface area contributed by atoms with E-state index in [-0.39, 0.29) is 0 Å². The van der Waals surface area contributed by atoms with Crippen LogP contribution >= 0.6 is 11.6 Å². The van der Waals surface area contributed by atoms with Crippen LogP contribution in [0, 0.1) is 5.92 Å². The molecule has 0 aromatic heterocycles. The maximum atomic E-state index is 6.39. The first kappa shape index (κ1) is 14.2. The number of benzene rings is 1. The van der Waals surface area contributed by atoms with Crippen molar-refractivity contribution in [1.82, 2.24) is 4.90 Å². The molecule has 1 atom stereocenters. The maximum Gasteiger partial charge on any atom is 0.122 e. The fraction of sp³-hybridized carbons (Fsp3) is 0.625. The topological polar surface area (TPSA) is 21.7 Å². The highest BCUT2D eigenvalue weighted by atomic mass is 35.5. The van der Waals surface area contributed by atoms with Crippen LogP contribution in [0.5, 0.6) is 5.75 Å². The van der Waals surface area contributed by atoms with Crippen molar-refractivity contribution in [2.75, 3.05) is 40.0 Å². The molecule has 4 heteroatoms. The maximum absolute atomic E-state index is 6.39. The van der Waals surface area contributed by atoms with Gasteiger partial charge in [-0.2, -0.15) is 0 Å². The largest absolute Gasteiger partial charge is 0.496 e. The number of ether oxygens (including phenoxy) is 2. The summed E-state index contributed by atoms with van der Waals surface area (Å²) in [6.45, 7) is 5.04. The van der Waals surface area contributed by atoms with Crippen LogP contribution in [-0.4, -0.2) is 44.9 Å². The van der Waals surface area contributed by atoms with E-state index in [2.05, 4.69) is 4.90 Å². The fourth-order valence-corrected chi connectivity index (χ4v) is 3.63. The highest BCUT2D eigenvalue weighted by Crippen LogP contribution is 2.36. The first-order valence-electron chi connectivity index (χ1n) is 7.42. The number of methoxy groups -OCH3 is 1. The van der Waals surface area contributed by atoms with Crippen LogP contribution in [0.1, 0.15) is 17.5 Å². The lowest BCUT2D eigenvalue weighted by Crippen LogP contribution is -2.40. The van der Waals surface area contributed by atoms with Crippen molar-refractivity contribution in [1.29, 1.82) is 0 Å². The molecule has 1 aromatic rings. The van der Waals surface area contributed by atoms with Crippen molar-refractivity contribution < 1.29 is 9.47 Å². The van der Waals surface area contributed by atoms with Crippen molar-refractivity contribution in [2.45, 2.75) is 19.3 Å². The van der Waals surface area contributed by atoms with E-state index in [1.807, 2.05) is 12.1 Å². The fourth-order valence-electron chi connectivity index (χ4n) is 3.37. The zero-order valence-corrected chi connectivity index (χ0v) is 12.8. The van der Waals surface area contributed by atoms with Crippen molar-refractivity contribution in [3.63, 3.8) is 0 Å². The van der Waals surface area contributed by atoms with Gasteiger partial charge in [-0.05, 0) is 48.4 Å². The molecule has 0 N–H and O–H groups in total. The molecule has 1 aliphatic heterocycles. The molecule has 1 fully saturated rings. The second kappa shape index (κ2) is 6.33. The summed E-state index contributed by atoms with van der Waals surface area (Å²) in [5.74, 6) is 1.69. The van der Waals surface area contributed by atoms with Crippen molar-refractivity contribution >= 4 is 11.6 Å². The van der Waals surface area contributed by atoms with Crippen LogP contribution in [-0.2, 0) is 17.6 Å². The minimum absolute atomic E-state index is 0.699. The van der Waals surface area contributed by atoms with E-state index < -0.39 is 0 Å². The molecule has 0 spiro atoms. The Morgan fingerprint density at radius 3 is 2.85 bits per heavy atom. The second-order valence-electron chi connectivity index (χ2n) is 5.73. The molecule has 20 heavy (non-hydrogen) atoms. The molecule has 0 saturated carbocycles. The van der Waals surface area contributed by atoms with Crippen molar-refractivity contribution in [3.8, 4) is 5.75 Å². The van der Waals surface area contributed by atoms with E-state index in [1.165, 1.54) is 17.5 Å². The number of nitrogens with zero attached hydrogens (tertiary/aromatic N) is 1. The third-order valence-electron chi connectivity index (χ3n) is 4.47. The van der Waals surface area contributed by atoms with E-state index in [0.717, 1.165) is 56.5 Å². The van der Waals surface area contributed by atoms with Gasteiger partial charge >= 0.3 is 0 Å². The Morgan fingerprint density at radius 2 is 2.10 bits per heavy atom. The number of hydrogen-bond acceptors (Lipinski definition) is 3. The first-order chi connectivity index (χ1) is 9.78. The van der Waals surface area contributed by atoms with Gasteiger partial charge in [-0.1, -0.05) is 11.6 Å². The number of rotatable bonds is 3. The number of hydrogen-bond donors (Lipinski definition) is 0. The molecule has 1 saturated heterocycles. The van der Waals surface area contributed by atoms with Crippen LogP contribution in [0.4, 0.5) is 0 Å². The van der Waals surface area contributed by atoms with Gasteiger partial charge < -0.3 is 9.47 Å². The average Bonchev–Trinajstić information content (AvgIpc) is 2.49. The Kier molecular flexibility index (Phi) is 4.49.